The van der Waals surface area contributed by atoms with E-state index >= 15 is 0 Å². The summed E-state index contributed by atoms with van der Waals surface area (Å²) in [6, 6.07) is 17.4. The molecule has 1 nitrogen and oxygen atoms in total. The van der Waals surface area contributed by atoms with E-state index in [0.29, 0.717) is 10.3 Å². The maximum atomic E-state index is 12.9. The highest BCUT2D eigenvalue weighted by Crippen LogP contribution is 2.38. The van der Waals surface area contributed by atoms with Gasteiger partial charge in [0.2, 0.25) is 0 Å². The third kappa shape index (κ3) is 3.31. The van der Waals surface area contributed by atoms with Crippen LogP contribution in [-0.2, 0) is 0 Å². The van der Waals surface area contributed by atoms with Crippen LogP contribution in [0.4, 0.5) is 13.2 Å². The Bertz CT molecular complexity index is 899. The number of hydrogen-bond donors (Lipinski definition) is 0. The van der Waals surface area contributed by atoms with E-state index in [1.54, 1.807) is 18.2 Å². The third-order valence-corrected chi connectivity index (χ3v) is 4.77. The summed E-state index contributed by atoms with van der Waals surface area (Å²) in [6.07, 6.45) is -4.90. The van der Waals surface area contributed by atoms with Crippen LogP contribution in [0.15, 0.2) is 70.5 Å². The van der Waals surface area contributed by atoms with E-state index in [9.17, 15) is 18.0 Å². The maximum absolute atomic E-state index is 12.9. The quantitative estimate of drug-likeness (QED) is 0.538. The standard InChI is InChI=1S/C19H13F3OS/c1-12-6-9-14(10-7-12)24-17-15-5-3-2-4-13(15)8-11-16(17)18(23)19(20,21)22/h2-11H,1H3. The summed E-state index contributed by atoms with van der Waals surface area (Å²) in [5.41, 5.74) is 0.746. The predicted octanol–water partition coefficient (Wildman–Crippen LogP) is 6.04. The number of rotatable bonds is 3. The van der Waals surface area contributed by atoms with Crippen LogP contribution < -0.4 is 0 Å². The molecule has 0 fully saturated rings. The van der Waals surface area contributed by atoms with E-state index in [-0.39, 0.29) is 5.56 Å². The van der Waals surface area contributed by atoms with Crippen molar-refractivity contribution in [3.05, 3.63) is 71.8 Å². The molecule has 5 heteroatoms. The molecule has 0 amide bonds. The van der Waals surface area contributed by atoms with Gasteiger partial charge in [-0.3, -0.25) is 4.79 Å². The van der Waals surface area contributed by atoms with E-state index in [0.717, 1.165) is 15.8 Å². The average molecular weight is 346 g/mol. The fraction of sp³-hybridized carbons (Fsp3) is 0.105. The van der Waals surface area contributed by atoms with Crippen molar-refractivity contribution in [3.63, 3.8) is 0 Å². The molecule has 0 aliphatic rings. The second kappa shape index (κ2) is 6.32. The third-order valence-electron chi connectivity index (χ3n) is 3.62. The molecule has 0 radical (unpaired) electrons. The van der Waals surface area contributed by atoms with E-state index in [1.165, 1.54) is 17.8 Å². The number of Topliss-reactive ketones (excluding diaryl/α,β-unsaturated/α-hetero) is 1. The molecule has 3 rings (SSSR count). The molecule has 0 spiro atoms. The molecule has 3 aromatic carbocycles. The van der Waals surface area contributed by atoms with Crippen molar-refractivity contribution in [3.8, 4) is 0 Å². The first kappa shape index (κ1) is 16.6. The van der Waals surface area contributed by atoms with Crippen molar-refractivity contribution in [1.82, 2.24) is 0 Å². The van der Waals surface area contributed by atoms with Crippen molar-refractivity contribution < 1.29 is 18.0 Å². The van der Waals surface area contributed by atoms with Gasteiger partial charge in [-0.25, -0.2) is 0 Å². The number of aryl methyl sites for hydroxylation is 1. The molecule has 0 atom stereocenters. The van der Waals surface area contributed by atoms with Gasteiger partial charge in [0.15, 0.2) is 0 Å². The lowest BCUT2D eigenvalue weighted by Crippen LogP contribution is -2.23. The zero-order valence-electron chi connectivity index (χ0n) is 12.7. The molecule has 0 aliphatic heterocycles. The predicted molar refractivity (Wildman–Crippen MR) is 89.6 cm³/mol. The monoisotopic (exact) mass is 346 g/mol. The van der Waals surface area contributed by atoms with Gasteiger partial charge in [-0.2, -0.15) is 13.2 Å². The van der Waals surface area contributed by atoms with Crippen LogP contribution >= 0.6 is 11.8 Å². The summed E-state index contributed by atoms with van der Waals surface area (Å²) in [4.78, 5) is 13.0. The number of fused-ring (bicyclic) bond motifs is 1. The van der Waals surface area contributed by atoms with Gasteiger partial charge in [0, 0.05) is 15.4 Å². The van der Waals surface area contributed by atoms with Crippen LogP contribution in [0, 0.1) is 6.92 Å². The Balaban J connectivity index is 2.17. The Hall–Kier alpha value is -2.27. The molecule has 0 aromatic heterocycles. The summed E-state index contributed by atoms with van der Waals surface area (Å²) in [5, 5.41) is 1.43. The van der Waals surface area contributed by atoms with Crippen LogP contribution in [0.1, 0.15) is 15.9 Å². The van der Waals surface area contributed by atoms with Crippen LogP contribution in [0.2, 0.25) is 0 Å². The molecule has 0 N–H and O–H groups in total. The van der Waals surface area contributed by atoms with Gasteiger partial charge in [-0.15, -0.1) is 0 Å². The SMILES string of the molecule is Cc1ccc(Sc2c(C(=O)C(F)(F)F)ccc3ccccc23)cc1. The zero-order valence-corrected chi connectivity index (χ0v) is 13.5. The van der Waals surface area contributed by atoms with Gasteiger partial charge in [0.25, 0.3) is 5.78 Å². The second-order valence-corrected chi connectivity index (χ2v) is 6.49. The number of ketones is 1. The summed E-state index contributed by atoms with van der Waals surface area (Å²) >= 11 is 1.18. The summed E-state index contributed by atoms with van der Waals surface area (Å²) in [6.45, 7) is 1.94. The molecule has 3 aromatic rings. The summed E-state index contributed by atoms with van der Waals surface area (Å²) in [7, 11) is 0. The van der Waals surface area contributed by atoms with Crippen LogP contribution in [0.25, 0.3) is 10.8 Å². The Morgan fingerprint density at radius 3 is 2.25 bits per heavy atom. The molecule has 122 valence electrons. The van der Waals surface area contributed by atoms with Crippen molar-refractivity contribution in [2.45, 2.75) is 22.9 Å². The lowest BCUT2D eigenvalue weighted by atomic mass is 10.0. The highest BCUT2D eigenvalue weighted by molar-refractivity contribution is 7.99. The Morgan fingerprint density at radius 1 is 0.917 bits per heavy atom. The van der Waals surface area contributed by atoms with E-state index in [2.05, 4.69) is 0 Å². The molecule has 24 heavy (non-hydrogen) atoms. The highest BCUT2D eigenvalue weighted by Gasteiger charge is 2.40. The average Bonchev–Trinajstić information content (AvgIpc) is 2.56. The van der Waals surface area contributed by atoms with Crippen molar-refractivity contribution in [2.75, 3.05) is 0 Å². The van der Waals surface area contributed by atoms with Gasteiger partial charge >= 0.3 is 6.18 Å². The number of halogens is 3. The van der Waals surface area contributed by atoms with Crippen molar-refractivity contribution >= 4 is 28.3 Å². The fourth-order valence-electron chi connectivity index (χ4n) is 2.41. The number of hydrogen-bond acceptors (Lipinski definition) is 2. The first-order chi connectivity index (χ1) is 11.4. The summed E-state index contributed by atoms with van der Waals surface area (Å²) in [5.74, 6) is -1.82. The van der Waals surface area contributed by atoms with Gasteiger partial charge in [-0.05, 0) is 35.9 Å². The van der Waals surface area contributed by atoms with Crippen LogP contribution in [0.5, 0.6) is 0 Å². The van der Waals surface area contributed by atoms with E-state index in [1.807, 2.05) is 43.3 Å². The lowest BCUT2D eigenvalue weighted by Gasteiger charge is -2.13. The molecule has 0 aliphatic carbocycles. The van der Waals surface area contributed by atoms with Gasteiger partial charge < -0.3 is 0 Å². The lowest BCUT2D eigenvalue weighted by molar-refractivity contribution is -0.0886. The molecule has 0 bridgehead atoms. The zero-order chi connectivity index (χ0) is 17.3. The first-order valence-electron chi connectivity index (χ1n) is 7.24. The highest BCUT2D eigenvalue weighted by atomic mass is 32.2. The van der Waals surface area contributed by atoms with Gasteiger partial charge in [0.05, 0.1) is 0 Å². The Kier molecular flexibility index (Phi) is 4.37. The minimum Gasteiger partial charge on any atom is -0.284 e. The van der Waals surface area contributed by atoms with E-state index in [4.69, 9.17) is 0 Å². The number of carbonyl (C=O) groups is 1. The molecular formula is C19H13F3OS. The molecule has 0 unspecified atom stereocenters. The number of alkyl halides is 3. The molecule has 0 saturated carbocycles. The topological polar surface area (TPSA) is 17.1 Å². The Morgan fingerprint density at radius 2 is 1.58 bits per heavy atom. The van der Waals surface area contributed by atoms with Crippen LogP contribution in [-0.4, -0.2) is 12.0 Å². The van der Waals surface area contributed by atoms with Crippen molar-refractivity contribution in [1.29, 1.82) is 0 Å². The van der Waals surface area contributed by atoms with Gasteiger partial charge in [-0.1, -0.05) is 59.8 Å². The fourth-order valence-corrected chi connectivity index (χ4v) is 3.48. The van der Waals surface area contributed by atoms with E-state index < -0.39 is 12.0 Å². The first-order valence-corrected chi connectivity index (χ1v) is 8.06. The number of benzene rings is 3. The van der Waals surface area contributed by atoms with Crippen LogP contribution in [0.3, 0.4) is 0 Å². The van der Waals surface area contributed by atoms with Gasteiger partial charge in [0.1, 0.15) is 0 Å². The normalized spacial score (nSPS) is 11.7. The smallest absolute Gasteiger partial charge is 0.284 e. The number of carbonyl (C=O) groups excluding carboxylic acids is 1. The minimum atomic E-state index is -4.90. The second-order valence-electron chi connectivity index (χ2n) is 5.41. The van der Waals surface area contributed by atoms with Crippen molar-refractivity contribution in [2.24, 2.45) is 0 Å². The molecule has 0 saturated heterocycles. The molecular weight excluding hydrogens is 333 g/mol. The largest absolute Gasteiger partial charge is 0.454 e. The minimum absolute atomic E-state index is 0.313. The molecule has 0 heterocycles. The maximum Gasteiger partial charge on any atom is 0.454 e. The Labute approximate surface area is 141 Å². The summed E-state index contributed by atoms with van der Waals surface area (Å²) < 4.78 is 38.8.